The van der Waals surface area contributed by atoms with Crippen LogP contribution < -0.4 is 15.2 Å². The van der Waals surface area contributed by atoms with Gasteiger partial charge in [-0.2, -0.15) is 0 Å². The number of methoxy groups -OCH3 is 2. The number of carbonyl (C=O) groups excluding carboxylic acids is 1. The van der Waals surface area contributed by atoms with Gasteiger partial charge in [-0.15, -0.1) is 23.7 Å². The van der Waals surface area contributed by atoms with Crippen LogP contribution in [0.25, 0.3) is 0 Å². The van der Waals surface area contributed by atoms with Gasteiger partial charge in [0, 0.05) is 18.2 Å². The molecule has 21 heavy (non-hydrogen) atoms. The predicted octanol–water partition coefficient (Wildman–Crippen LogP) is 0.981. The molecular weight excluding hydrogens is 340 g/mol. The zero-order chi connectivity index (χ0) is 15.6. The molecule has 0 bridgehead atoms. The lowest BCUT2D eigenvalue weighted by Crippen LogP contribution is -2.44. The zero-order valence-electron chi connectivity index (χ0n) is 12.1. The molecule has 0 atom stereocenters. The van der Waals surface area contributed by atoms with Gasteiger partial charge in [0.25, 0.3) is 10.0 Å². The van der Waals surface area contributed by atoms with Crippen molar-refractivity contribution in [1.82, 2.24) is 4.72 Å². The van der Waals surface area contributed by atoms with Crippen LogP contribution in [0.15, 0.2) is 10.3 Å². The van der Waals surface area contributed by atoms with E-state index < -0.39 is 21.5 Å². The summed E-state index contributed by atoms with van der Waals surface area (Å²) in [6, 6.07) is 1.33. The molecule has 122 valence electrons. The number of ether oxygens (including phenoxy) is 2. The van der Waals surface area contributed by atoms with Crippen molar-refractivity contribution in [3.8, 4) is 5.75 Å². The van der Waals surface area contributed by atoms with Gasteiger partial charge in [0.05, 0.1) is 14.2 Å². The van der Waals surface area contributed by atoms with E-state index in [1.165, 1.54) is 20.3 Å². The average molecular weight is 359 g/mol. The number of esters is 1. The van der Waals surface area contributed by atoms with Crippen LogP contribution in [0.5, 0.6) is 5.75 Å². The number of nitrogens with one attached hydrogen (secondary N) is 1. The fourth-order valence-electron chi connectivity index (χ4n) is 1.23. The van der Waals surface area contributed by atoms with Gasteiger partial charge in [-0.3, -0.25) is 0 Å². The summed E-state index contributed by atoms with van der Waals surface area (Å²) in [4.78, 5) is 11.6. The van der Waals surface area contributed by atoms with Gasteiger partial charge < -0.3 is 15.2 Å². The largest absolute Gasteiger partial charge is 0.494 e. The Balaban J connectivity index is 0.00000400. The first-order valence-corrected chi connectivity index (χ1v) is 7.95. The van der Waals surface area contributed by atoms with Crippen molar-refractivity contribution in [2.24, 2.45) is 5.73 Å². The Bertz CT molecular complexity index is 592. The topological polar surface area (TPSA) is 108 Å². The molecule has 0 saturated heterocycles. The van der Waals surface area contributed by atoms with Gasteiger partial charge in [-0.25, -0.2) is 17.9 Å². The summed E-state index contributed by atoms with van der Waals surface area (Å²) < 4.78 is 36.2. The Labute approximate surface area is 134 Å². The number of rotatable bonds is 6. The van der Waals surface area contributed by atoms with Crippen molar-refractivity contribution in [2.45, 2.75) is 23.6 Å². The number of sulfonamides is 1. The standard InChI is InChI=1S/C11H18N2O5S2.ClH/c1-11(2,12)6-13-20(15,16)10-7(17-3)5-8(19-10)9(14)18-4;/h5,13H,6,12H2,1-4H3;1H. The number of thiophene rings is 1. The van der Waals surface area contributed by atoms with Gasteiger partial charge in [-0.1, -0.05) is 0 Å². The summed E-state index contributed by atoms with van der Waals surface area (Å²) >= 11 is 0.783. The Hall–Kier alpha value is -0.870. The predicted molar refractivity (Wildman–Crippen MR) is 82.9 cm³/mol. The van der Waals surface area contributed by atoms with Crippen LogP contribution in [0.1, 0.15) is 23.5 Å². The smallest absolute Gasteiger partial charge is 0.348 e. The summed E-state index contributed by atoms with van der Waals surface area (Å²) in [5.74, 6) is -0.522. The van der Waals surface area contributed by atoms with Crippen molar-refractivity contribution < 1.29 is 22.7 Å². The molecule has 0 spiro atoms. The molecule has 7 nitrogen and oxygen atoms in total. The van der Waals surface area contributed by atoms with Crippen LogP contribution in [0.2, 0.25) is 0 Å². The minimum Gasteiger partial charge on any atom is -0.494 e. The molecule has 0 unspecified atom stereocenters. The molecule has 0 aliphatic rings. The number of nitrogens with two attached hydrogens (primary N) is 1. The van der Waals surface area contributed by atoms with Crippen LogP contribution in [0, 0.1) is 0 Å². The molecule has 1 aromatic heterocycles. The van der Waals surface area contributed by atoms with Crippen LogP contribution in [0.3, 0.4) is 0 Å². The highest BCUT2D eigenvalue weighted by Crippen LogP contribution is 2.33. The molecule has 0 aliphatic heterocycles. The van der Waals surface area contributed by atoms with Gasteiger partial charge >= 0.3 is 5.97 Å². The third-order valence-electron chi connectivity index (χ3n) is 2.23. The fraction of sp³-hybridized carbons (Fsp3) is 0.545. The van der Waals surface area contributed by atoms with Crippen LogP contribution in [-0.2, 0) is 14.8 Å². The first-order chi connectivity index (χ1) is 9.10. The second kappa shape index (κ2) is 7.41. The summed E-state index contributed by atoms with van der Waals surface area (Å²) in [6.07, 6.45) is 0. The van der Waals surface area contributed by atoms with Crippen molar-refractivity contribution in [3.63, 3.8) is 0 Å². The molecule has 0 aliphatic carbocycles. The maximum Gasteiger partial charge on any atom is 0.348 e. The van der Waals surface area contributed by atoms with Crippen molar-refractivity contribution >= 4 is 39.7 Å². The minimum absolute atomic E-state index is 0. The maximum atomic E-state index is 12.2. The highest BCUT2D eigenvalue weighted by atomic mass is 35.5. The highest BCUT2D eigenvalue weighted by molar-refractivity contribution is 7.91. The van der Waals surface area contributed by atoms with E-state index in [4.69, 9.17) is 10.5 Å². The second-order valence-corrected chi connectivity index (χ2v) is 7.79. The van der Waals surface area contributed by atoms with Gasteiger partial charge in [0.15, 0.2) is 9.96 Å². The van der Waals surface area contributed by atoms with E-state index in [0.717, 1.165) is 11.3 Å². The molecule has 0 fully saturated rings. The molecular formula is C11H19ClN2O5S2. The SMILES string of the molecule is COC(=O)c1cc(OC)c(S(=O)(=O)NCC(C)(C)N)s1.Cl. The Kier molecular flexibility index (Phi) is 7.10. The number of carbonyl (C=O) groups is 1. The van der Waals surface area contributed by atoms with Gasteiger partial charge in [-0.05, 0) is 13.8 Å². The first kappa shape index (κ1) is 20.1. The molecule has 1 heterocycles. The van der Waals surface area contributed by atoms with E-state index in [9.17, 15) is 13.2 Å². The number of hydrogen-bond acceptors (Lipinski definition) is 7. The molecule has 0 aromatic carbocycles. The molecule has 0 radical (unpaired) electrons. The molecule has 10 heteroatoms. The van der Waals surface area contributed by atoms with E-state index in [-0.39, 0.29) is 33.8 Å². The lowest BCUT2D eigenvalue weighted by Gasteiger charge is -2.18. The van der Waals surface area contributed by atoms with Crippen LogP contribution in [0.4, 0.5) is 0 Å². The van der Waals surface area contributed by atoms with Crippen molar-refractivity contribution in [1.29, 1.82) is 0 Å². The van der Waals surface area contributed by atoms with Crippen LogP contribution >= 0.6 is 23.7 Å². The molecule has 1 rings (SSSR count). The Morgan fingerprint density at radius 3 is 2.43 bits per heavy atom. The first-order valence-electron chi connectivity index (χ1n) is 5.65. The Morgan fingerprint density at radius 1 is 1.43 bits per heavy atom. The third kappa shape index (κ3) is 5.44. The Morgan fingerprint density at radius 2 is 2.00 bits per heavy atom. The van der Waals surface area contributed by atoms with E-state index in [1.54, 1.807) is 13.8 Å². The van der Waals surface area contributed by atoms with E-state index >= 15 is 0 Å². The molecule has 0 amide bonds. The van der Waals surface area contributed by atoms with Crippen molar-refractivity contribution in [2.75, 3.05) is 20.8 Å². The summed E-state index contributed by atoms with van der Waals surface area (Å²) in [7, 11) is -1.25. The second-order valence-electron chi connectivity index (χ2n) is 4.77. The zero-order valence-corrected chi connectivity index (χ0v) is 14.6. The maximum absolute atomic E-state index is 12.2. The summed E-state index contributed by atoms with van der Waals surface area (Å²) in [5.41, 5.74) is 5.05. The average Bonchev–Trinajstić information content (AvgIpc) is 2.79. The highest BCUT2D eigenvalue weighted by Gasteiger charge is 2.27. The summed E-state index contributed by atoms with van der Waals surface area (Å²) in [5, 5.41) is 0. The van der Waals surface area contributed by atoms with Gasteiger partial charge in [0.1, 0.15) is 4.88 Å². The number of halogens is 1. The third-order valence-corrected chi connectivity index (χ3v) is 5.25. The van der Waals surface area contributed by atoms with E-state index in [1.807, 2.05) is 0 Å². The quantitative estimate of drug-likeness (QED) is 0.734. The summed E-state index contributed by atoms with van der Waals surface area (Å²) in [6.45, 7) is 3.45. The van der Waals surface area contributed by atoms with E-state index in [2.05, 4.69) is 9.46 Å². The van der Waals surface area contributed by atoms with Crippen molar-refractivity contribution in [3.05, 3.63) is 10.9 Å². The monoisotopic (exact) mass is 358 g/mol. The van der Waals surface area contributed by atoms with Crippen LogP contribution in [-0.4, -0.2) is 40.7 Å². The molecule has 1 aromatic rings. The molecule has 0 saturated carbocycles. The number of hydrogen-bond donors (Lipinski definition) is 2. The normalized spacial score (nSPS) is 11.7. The van der Waals surface area contributed by atoms with E-state index in [0.29, 0.717) is 0 Å². The lowest BCUT2D eigenvalue weighted by molar-refractivity contribution is 0.0606. The lowest BCUT2D eigenvalue weighted by atomic mass is 10.1. The minimum atomic E-state index is -3.80. The van der Waals surface area contributed by atoms with Gasteiger partial charge in [0.2, 0.25) is 0 Å². The molecule has 3 N–H and O–H groups in total. The fourth-order valence-corrected chi connectivity index (χ4v) is 4.00.